The van der Waals surface area contributed by atoms with E-state index in [9.17, 15) is 9.18 Å². The van der Waals surface area contributed by atoms with E-state index in [1.807, 2.05) is 24.3 Å². The molecule has 0 spiro atoms. The number of ether oxygens (including phenoxy) is 2. The lowest BCUT2D eigenvalue weighted by molar-refractivity contribution is -0.136. The van der Waals surface area contributed by atoms with Gasteiger partial charge in [0, 0.05) is 13.5 Å². The topological polar surface area (TPSA) is 38.8 Å². The first-order valence-electron chi connectivity index (χ1n) is 7.52. The number of fused-ring (bicyclic) bond motifs is 1. The molecule has 0 aliphatic carbocycles. The number of hydrogen-bond acceptors (Lipinski definition) is 3. The largest absolute Gasteiger partial charge is 0.489 e. The Kier molecular flexibility index (Phi) is 4.46. The lowest BCUT2D eigenvalue weighted by atomic mass is 10.1. The normalized spacial score (nSPS) is 15.7. The molecule has 1 amide bonds. The lowest BCUT2D eigenvalue weighted by Gasteiger charge is -2.21. The molecule has 23 heavy (non-hydrogen) atoms. The number of likely N-dealkylation sites (N-methyl/N-ethyl adjacent to an activating group) is 1. The molecule has 1 aliphatic rings. The Morgan fingerprint density at radius 2 is 2.00 bits per heavy atom. The van der Waals surface area contributed by atoms with Crippen molar-refractivity contribution < 1.29 is 18.7 Å². The molecule has 1 atom stereocenters. The third-order valence-electron chi connectivity index (χ3n) is 3.82. The van der Waals surface area contributed by atoms with Gasteiger partial charge in [-0.2, -0.15) is 0 Å². The van der Waals surface area contributed by atoms with Gasteiger partial charge in [0.15, 0.2) is 17.7 Å². The van der Waals surface area contributed by atoms with Crippen LogP contribution in [0.25, 0.3) is 0 Å². The molecule has 2 aromatic carbocycles. The molecular formula is C18H18FNO3. The number of para-hydroxylation sites is 2. The number of carbonyl (C=O) groups excluding carboxylic acids is 1. The van der Waals surface area contributed by atoms with Crippen molar-refractivity contribution in [2.75, 3.05) is 20.2 Å². The molecule has 0 aromatic heterocycles. The maximum atomic E-state index is 13.4. The van der Waals surface area contributed by atoms with Gasteiger partial charge in [-0.25, -0.2) is 4.39 Å². The summed E-state index contributed by atoms with van der Waals surface area (Å²) in [5.41, 5.74) is 1.04. The van der Waals surface area contributed by atoms with Crippen LogP contribution in [0.5, 0.6) is 11.5 Å². The summed E-state index contributed by atoms with van der Waals surface area (Å²) in [7, 11) is 1.69. The first kappa shape index (κ1) is 15.3. The number of amides is 1. The average Bonchev–Trinajstić information content (AvgIpc) is 2.99. The van der Waals surface area contributed by atoms with E-state index < -0.39 is 11.9 Å². The van der Waals surface area contributed by atoms with Crippen LogP contribution < -0.4 is 9.47 Å². The molecule has 1 unspecified atom stereocenters. The summed E-state index contributed by atoms with van der Waals surface area (Å²) in [5.74, 6) is 0.453. The van der Waals surface area contributed by atoms with Gasteiger partial charge >= 0.3 is 0 Å². The zero-order valence-corrected chi connectivity index (χ0v) is 12.9. The average molecular weight is 315 g/mol. The summed E-state index contributed by atoms with van der Waals surface area (Å²) in [6, 6.07) is 13.9. The predicted molar refractivity (Wildman–Crippen MR) is 84.1 cm³/mol. The number of rotatable bonds is 5. The van der Waals surface area contributed by atoms with Crippen LogP contribution >= 0.6 is 0 Å². The molecule has 0 radical (unpaired) electrons. The van der Waals surface area contributed by atoms with Crippen LogP contribution in [-0.2, 0) is 11.2 Å². The van der Waals surface area contributed by atoms with Crippen LogP contribution in [0.1, 0.15) is 5.56 Å². The zero-order valence-electron chi connectivity index (χ0n) is 12.9. The maximum absolute atomic E-state index is 13.4. The lowest BCUT2D eigenvalue weighted by Crippen LogP contribution is -2.40. The fourth-order valence-electron chi connectivity index (χ4n) is 2.53. The van der Waals surface area contributed by atoms with Gasteiger partial charge in [0.25, 0.3) is 5.91 Å². The Balaban J connectivity index is 1.50. The number of nitrogens with zero attached hydrogens (tertiary/aromatic N) is 1. The Morgan fingerprint density at radius 3 is 2.78 bits per heavy atom. The van der Waals surface area contributed by atoms with Crippen molar-refractivity contribution in [3.05, 3.63) is 59.9 Å². The smallest absolute Gasteiger partial charge is 0.263 e. The minimum absolute atomic E-state index is 0.0988. The first-order valence-corrected chi connectivity index (χ1v) is 7.52. The molecule has 0 saturated carbocycles. The van der Waals surface area contributed by atoms with E-state index in [0.717, 1.165) is 11.3 Å². The molecule has 1 aliphatic heterocycles. The van der Waals surface area contributed by atoms with Gasteiger partial charge in [0.2, 0.25) is 0 Å². The summed E-state index contributed by atoms with van der Waals surface area (Å²) in [5, 5.41) is 0. The van der Waals surface area contributed by atoms with Crippen LogP contribution in [0.3, 0.4) is 0 Å². The molecule has 5 heteroatoms. The Bertz CT molecular complexity index is 679. The fraction of sp³-hybridized carbons (Fsp3) is 0.278. The van der Waals surface area contributed by atoms with Crippen molar-refractivity contribution in [2.45, 2.75) is 12.5 Å². The third kappa shape index (κ3) is 3.44. The second-order valence-electron chi connectivity index (χ2n) is 5.46. The molecule has 4 nitrogen and oxygen atoms in total. The maximum Gasteiger partial charge on any atom is 0.263 e. The Morgan fingerprint density at radius 1 is 1.26 bits per heavy atom. The van der Waals surface area contributed by atoms with Gasteiger partial charge in [-0.3, -0.25) is 4.79 Å². The number of halogens is 1. The SMILES string of the molecule is CN(CCOc1ccccc1F)C(=O)C1Cc2ccccc2O1. The van der Waals surface area contributed by atoms with E-state index in [-0.39, 0.29) is 18.3 Å². The number of benzene rings is 2. The highest BCUT2D eigenvalue weighted by atomic mass is 19.1. The molecule has 2 aromatic rings. The highest BCUT2D eigenvalue weighted by molar-refractivity contribution is 5.82. The summed E-state index contributed by atoms with van der Waals surface area (Å²) >= 11 is 0. The Hall–Kier alpha value is -2.56. The van der Waals surface area contributed by atoms with Gasteiger partial charge in [-0.05, 0) is 23.8 Å². The minimum atomic E-state index is -0.495. The van der Waals surface area contributed by atoms with Crippen molar-refractivity contribution >= 4 is 5.91 Å². The van der Waals surface area contributed by atoms with Gasteiger partial charge < -0.3 is 14.4 Å². The van der Waals surface area contributed by atoms with Crippen molar-refractivity contribution in [3.63, 3.8) is 0 Å². The van der Waals surface area contributed by atoms with E-state index >= 15 is 0 Å². The fourth-order valence-corrected chi connectivity index (χ4v) is 2.53. The van der Waals surface area contributed by atoms with Crippen LogP contribution in [0.4, 0.5) is 4.39 Å². The second-order valence-corrected chi connectivity index (χ2v) is 5.46. The number of hydrogen-bond donors (Lipinski definition) is 0. The van der Waals surface area contributed by atoms with E-state index in [1.165, 1.54) is 6.07 Å². The molecule has 0 saturated heterocycles. The van der Waals surface area contributed by atoms with Crippen molar-refractivity contribution in [1.29, 1.82) is 0 Å². The molecule has 3 rings (SSSR count). The van der Waals surface area contributed by atoms with E-state index in [0.29, 0.717) is 13.0 Å². The third-order valence-corrected chi connectivity index (χ3v) is 3.82. The summed E-state index contributed by atoms with van der Waals surface area (Å²) in [6.07, 6.45) is 0.0823. The molecule has 0 N–H and O–H groups in total. The van der Waals surface area contributed by atoms with Gasteiger partial charge in [-0.1, -0.05) is 30.3 Å². The monoisotopic (exact) mass is 315 g/mol. The van der Waals surface area contributed by atoms with Crippen molar-refractivity contribution in [3.8, 4) is 11.5 Å². The molecule has 0 fully saturated rings. The quantitative estimate of drug-likeness (QED) is 0.851. The number of carbonyl (C=O) groups is 1. The van der Waals surface area contributed by atoms with E-state index in [1.54, 1.807) is 30.1 Å². The summed E-state index contributed by atoms with van der Waals surface area (Å²) < 4.78 is 24.5. The molecule has 120 valence electrons. The van der Waals surface area contributed by atoms with Gasteiger partial charge in [0.1, 0.15) is 12.4 Å². The van der Waals surface area contributed by atoms with E-state index in [4.69, 9.17) is 9.47 Å². The van der Waals surface area contributed by atoms with Crippen molar-refractivity contribution in [1.82, 2.24) is 4.90 Å². The van der Waals surface area contributed by atoms with Crippen molar-refractivity contribution in [2.24, 2.45) is 0 Å². The first-order chi connectivity index (χ1) is 11.1. The highest BCUT2D eigenvalue weighted by Crippen LogP contribution is 2.28. The standard InChI is InChI=1S/C18H18FNO3/c1-20(10-11-22-16-9-5-3-7-14(16)19)18(21)17-12-13-6-2-4-8-15(13)23-17/h2-9,17H,10-12H2,1H3. The van der Waals surface area contributed by atoms with Crippen LogP contribution in [0.2, 0.25) is 0 Å². The molecule has 1 heterocycles. The Labute approximate surface area is 134 Å². The molecular weight excluding hydrogens is 297 g/mol. The molecule has 0 bridgehead atoms. The zero-order chi connectivity index (χ0) is 16.2. The van der Waals surface area contributed by atoms with Gasteiger partial charge in [0.05, 0.1) is 6.54 Å². The van der Waals surface area contributed by atoms with E-state index in [2.05, 4.69) is 0 Å². The predicted octanol–water partition coefficient (Wildman–Crippen LogP) is 2.67. The van der Waals surface area contributed by atoms with Crippen LogP contribution in [-0.4, -0.2) is 37.1 Å². The highest BCUT2D eigenvalue weighted by Gasteiger charge is 2.30. The second kappa shape index (κ2) is 6.69. The summed E-state index contributed by atoms with van der Waals surface area (Å²) in [4.78, 5) is 13.9. The van der Waals surface area contributed by atoms with Crippen LogP contribution in [0.15, 0.2) is 48.5 Å². The van der Waals surface area contributed by atoms with Crippen LogP contribution in [0, 0.1) is 5.82 Å². The van der Waals surface area contributed by atoms with Gasteiger partial charge in [-0.15, -0.1) is 0 Å². The minimum Gasteiger partial charge on any atom is -0.489 e. The summed E-state index contributed by atoms with van der Waals surface area (Å²) in [6.45, 7) is 0.589.